The maximum absolute atomic E-state index is 12.0. The van der Waals surface area contributed by atoms with E-state index in [2.05, 4.69) is 22.0 Å². The third-order valence-electron chi connectivity index (χ3n) is 4.00. The van der Waals surface area contributed by atoms with Crippen LogP contribution in [0.5, 0.6) is 0 Å². The van der Waals surface area contributed by atoms with Crippen molar-refractivity contribution in [1.82, 2.24) is 14.8 Å². The SMILES string of the molecule is CN(C)CC(=O)N1CCC(c2ccc(N(C)C)cn2)CC1. The van der Waals surface area contributed by atoms with Gasteiger partial charge in [0.25, 0.3) is 0 Å². The molecule has 1 fully saturated rings. The zero-order valence-corrected chi connectivity index (χ0v) is 13.5. The lowest BCUT2D eigenvalue weighted by Gasteiger charge is -2.32. The topological polar surface area (TPSA) is 39.7 Å². The Morgan fingerprint density at radius 2 is 1.90 bits per heavy atom. The standard InChI is InChI=1S/C16H26N4O/c1-18(2)12-16(21)20-9-7-13(8-10-20)15-6-5-14(11-17-15)19(3)4/h5-6,11,13H,7-10,12H2,1-4H3. The molecule has 1 amide bonds. The average molecular weight is 290 g/mol. The van der Waals surface area contributed by atoms with E-state index in [0.717, 1.165) is 37.3 Å². The van der Waals surface area contributed by atoms with Crippen molar-refractivity contribution in [2.45, 2.75) is 18.8 Å². The molecule has 0 saturated carbocycles. The van der Waals surface area contributed by atoms with Gasteiger partial charge >= 0.3 is 0 Å². The normalized spacial score (nSPS) is 16.3. The van der Waals surface area contributed by atoms with Crippen molar-refractivity contribution in [1.29, 1.82) is 0 Å². The summed E-state index contributed by atoms with van der Waals surface area (Å²) in [6.45, 7) is 2.18. The summed E-state index contributed by atoms with van der Waals surface area (Å²) in [6.07, 6.45) is 3.94. The van der Waals surface area contributed by atoms with Gasteiger partial charge in [-0.1, -0.05) is 0 Å². The van der Waals surface area contributed by atoms with E-state index in [-0.39, 0.29) is 5.91 Å². The number of amides is 1. The molecular formula is C16H26N4O. The molecule has 0 N–H and O–H groups in total. The van der Waals surface area contributed by atoms with E-state index < -0.39 is 0 Å². The molecule has 1 aromatic heterocycles. The second kappa shape index (κ2) is 6.89. The van der Waals surface area contributed by atoms with Crippen molar-refractivity contribution in [3.63, 3.8) is 0 Å². The molecular weight excluding hydrogens is 264 g/mol. The van der Waals surface area contributed by atoms with Gasteiger partial charge in [-0.05, 0) is 39.1 Å². The van der Waals surface area contributed by atoms with Crippen molar-refractivity contribution in [2.75, 3.05) is 52.7 Å². The Bertz CT molecular complexity index is 462. The Labute approximate surface area is 127 Å². The molecule has 1 saturated heterocycles. The first-order valence-corrected chi connectivity index (χ1v) is 7.53. The molecule has 21 heavy (non-hydrogen) atoms. The minimum absolute atomic E-state index is 0.231. The number of pyridine rings is 1. The van der Waals surface area contributed by atoms with Crippen LogP contribution in [-0.2, 0) is 4.79 Å². The lowest BCUT2D eigenvalue weighted by Crippen LogP contribution is -2.42. The van der Waals surface area contributed by atoms with Crippen molar-refractivity contribution in [2.24, 2.45) is 0 Å². The van der Waals surface area contributed by atoms with Gasteiger partial charge in [-0.15, -0.1) is 0 Å². The molecule has 0 atom stereocenters. The van der Waals surface area contributed by atoms with Crippen molar-refractivity contribution >= 4 is 11.6 Å². The zero-order chi connectivity index (χ0) is 15.4. The molecule has 1 aromatic rings. The third kappa shape index (κ3) is 4.17. The number of anilines is 1. The summed E-state index contributed by atoms with van der Waals surface area (Å²) in [5, 5.41) is 0. The smallest absolute Gasteiger partial charge is 0.236 e. The number of carbonyl (C=O) groups is 1. The molecule has 2 heterocycles. The van der Waals surface area contributed by atoms with E-state index >= 15 is 0 Å². The molecule has 2 rings (SSSR count). The first kappa shape index (κ1) is 15.8. The van der Waals surface area contributed by atoms with Gasteiger partial charge in [0.05, 0.1) is 18.4 Å². The Morgan fingerprint density at radius 3 is 2.38 bits per heavy atom. The fraction of sp³-hybridized carbons (Fsp3) is 0.625. The molecule has 0 aliphatic carbocycles. The number of hydrogen-bond acceptors (Lipinski definition) is 4. The number of likely N-dealkylation sites (N-methyl/N-ethyl adjacent to an activating group) is 1. The van der Waals surface area contributed by atoms with Crippen molar-refractivity contribution < 1.29 is 4.79 Å². The number of hydrogen-bond donors (Lipinski definition) is 0. The highest BCUT2D eigenvalue weighted by molar-refractivity contribution is 5.78. The number of rotatable bonds is 4. The Hall–Kier alpha value is -1.62. The highest BCUT2D eigenvalue weighted by Crippen LogP contribution is 2.27. The first-order valence-electron chi connectivity index (χ1n) is 7.53. The number of nitrogens with zero attached hydrogens (tertiary/aromatic N) is 4. The van der Waals surface area contributed by atoms with Crippen LogP contribution in [0.4, 0.5) is 5.69 Å². The summed E-state index contributed by atoms with van der Waals surface area (Å²) in [7, 11) is 7.90. The highest BCUT2D eigenvalue weighted by Gasteiger charge is 2.24. The van der Waals surface area contributed by atoms with Crippen LogP contribution in [0, 0.1) is 0 Å². The molecule has 5 heteroatoms. The fourth-order valence-corrected chi connectivity index (χ4v) is 2.70. The van der Waals surface area contributed by atoms with Gasteiger partial charge in [0, 0.05) is 38.8 Å². The first-order chi connectivity index (χ1) is 9.97. The van der Waals surface area contributed by atoms with E-state index in [0.29, 0.717) is 12.5 Å². The van der Waals surface area contributed by atoms with Crippen LogP contribution in [0.3, 0.4) is 0 Å². The van der Waals surface area contributed by atoms with Gasteiger partial charge in [0.2, 0.25) is 5.91 Å². The summed E-state index contributed by atoms with van der Waals surface area (Å²) in [5.74, 6) is 0.707. The quantitative estimate of drug-likeness (QED) is 0.841. The maximum atomic E-state index is 12.0. The van der Waals surface area contributed by atoms with Crippen LogP contribution in [0.15, 0.2) is 18.3 Å². The Kier molecular flexibility index (Phi) is 5.17. The summed E-state index contributed by atoms with van der Waals surface area (Å²) in [6, 6.07) is 4.24. The van der Waals surface area contributed by atoms with Gasteiger partial charge in [0.15, 0.2) is 0 Å². The van der Waals surface area contributed by atoms with Crippen LogP contribution in [0.1, 0.15) is 24.5 Å². The molecule has 0 aromatic carbocycles. The second-order valence-corrected chi connectivity index (χ2v) is 6.23. The molecule has 1 aliphatic rings. The monoisotopic (exact) mass is 290 g/mol. The van der Waals surface area contributed by atoms with Crippen LogP contribution >= 0.6 is 0 Å². The summed E-state index contributed by atoms with van der Waals surface area (Å²) in [5.41, 5.74) is 2.28. The lowest BCUT2D eigenvalue weighted by atomic mass is 9.93. The van der Waals surface area contributed by atoms with Gasteiger partial charge in [-0.2, -0.15) is 0 Å². The number of piperidine rings is 1. The highest BCUT2D eigenvalue weighted by atomic mass is 16.2. The van der Waals surface area contributed by atoms with E-state index in [9.17, 15) is 4.79 Å². The summed E-state index contributed by atoms with van der Waals surface area (Å²) in [4.78, 5) is 22.6. The largest absolute Gasteiger partial charge is 0.376 e. The van der Waals surface area contributed by atoms with Crippen molar-refractivity contribution in [3.8, 4) is 0 Å². The molecule has 0 spiro atoms. The van der Waals surface area contributed by atoms with Crippen LogP contribution in [0.2, 0.25) is 0 Å². The van der Waals surface area contributed by atoms with Crippen LogP contribution in [0.25, 0.3) is 0 Å². The van der Waals surface area contributed by atoms with E-state index in [1.54, 1.807) is 0 Å². The van der Waals surface area contributed by atoms with Gasteiger partial charge < -0.3 is 14.7 Å². The molecule has 1 aliphatic heterocycles. The lowest BCUT2D eigenvalue weighted by molar-refractivity contribution is -0.132. The molecule has 5 nitrogen and oxygen atoms in total. The zero-order valence-electron chi connectivity index (χ0n) is 13.5. The summed E-state index contributed by atoms with van der Waals surface area (Å²) < 4.78 is 0. The van der Waals surface area contributed by atoms with Gasteiger partial charge in [-0.25, -0.2) is 0 Å². The van der Waals surface area contributed by atoms with Gasteiger partial charge in [0.1, 0.15) is 0 Å². The van der Waals surface area contributed by atoms with Crippen LogP contribution < -0.4 is 4.90 Å². The summed E-state index contributed by atoms with van der Waals surface area (Å²) >= 11 is 0. The van der Waals surface area contributed by atoms with E-state index in [1.807, 2.05) is 44.2 Å². The predicted molar refractivity (Wildman–Crippen MR) is 85.7 cm³/mol. The second-order valence-electron chi connectivity index (χ2n) is 6.23. The Morgan fingerprint density at radius 1 is 1.24 bits per heavy atom. The molecule has 116 valence electrons. The number of aromatic nitrogens is 1. The Balaban J connectivity index is 1.90. The minimum Gasteiger partial charge on any atom is -0.376 e. The minimum atomic E-state index is 0.231. The van der Waals surface area contributed by atoms with Gasteiger partial charge in [-0.3, -0.25) is 9.78 Å². The van der Waals surface area contributed by atoms with Crippen LogP contribution in [-0.4, -0.2) is 68.5 Å². The number of carbonyl (C=O) groups excluding carboxylic acids is 1. The van der Waals surface area contributed by atoms with Crippen molar-refractivity contribution in [3.05, 3.63) is 24.0 Å². The number of likely N-dealkylation sites (tertiary alicyclic amines) is 1. The van der Waals surface area contributed by atoms with E-state index in [1.165, 1.54) is 0 Å². The molecule has 0 bridgehead atoms. The average Bonchev–Trinajstić information content (AvgIpc) is 2.47. The predicted octanol–water partition coefficient (Wildman–Crippen LogP) is 1.42. The molecule has 0 radical (unpaired) electrons. The van der Waals surface area contributed by atoms with E-state index in [4.69, 9.17) is 0 Å². The molecule has 0 unspecified atom stereocenters. The maximum Gasteiger partial charge on any atom is 0.236 e. The fourth-order valence-electron chi connectivity index (χ4n) is 2.70. The third-order valence-corrected chi connectivity index (χ3v) is 4.00.